The van der Waals surface area contributed by atoms with Crippen molar-refractivity contribution < 1.29 is 18.3 Å². The summed E-state index contributed by atoms with van der Waals surface area (Å²) in [6, 6.07) is 0.0387. The van der Waals surface area contributed by atoms with Gasteiger partial charge in [0.05, 0.1) is 0 Å². The van der Waals surface area contributed by atoms with Crippen LogP contribution >= 0.6 is 0 Å². The molecule has 0 aromatic carbocycles. The van der Waals surface area contributed by atoms with Gasteiger partial charge in [-0.2, -0.15) is 4.31 Å². The zero-order valence-electron chi connectivity index (χ0n) is 9.01. The van der Waals surface area contributed by atoms with Gasteiger partial charge < -0.3 is 5.11 Å². The Morgan fingerprint density at radius 3 is 2.40 bits per heavy atom. The monoisotopic (exact) mass is 235 g/mol. The third-order valence-corrected chi connectivity index (χ3v) is 4.75. The van der Waals surface area contributed by atoms with E-state index in [0.717, 1.165) is 12.8 Å². The molecule has 0 bridgehead atoms. The molecular formula is C9H17NO4S. The molecule has 1 N–H and O–H groups in total. The highest BCUT2D eigenvalue weighted by molar-refractivity contribution is 7.90. The Hall–Kier alpha value is -0.620. The van der Waals surface area contributed by atoms with Crippen molar-refractivity contribution in [3.63, 3.8) is 0 Å². The number of sulfonamides is 1. The Balaban J connectivity index is 2.85. The average Bonchev–Trinajstić information content (AvgIpc) is 2.95. The lowest BCUT2D eigenvalue weighted by molar-refractivity contribution is -0.136. The maximum Gasteiger partial charge on any atom is 0.323 e. The Kier molecular flexibility index (Phi) is 3.72. The first-order chi connectivity index (χ1) is 6.91. The molecule has 0 radical (unpaired) electrons. The first-order valence-electron chi connectivity index (χ1n) is 5.14. The second-order valence-corrected chi connectivity index (χ2v) is 6.07. The van der Waals surface area contributed by atoms with E-state index in [1.807, 2.05) is 6.92 Å². The van der Waals surface area contributed by atoms with Crippen LogP contribution in [0.15, 0.2) is 0 Å². The van der Waals surface area contributed by atoms with Gasteiger partial charge >= 0.3 is 5.97 Å². The van der Waals surface area contributed by atoms with Crippen molar-refractivity contribution in [1.82, 2.24) is 4.31 Å². The van der Waals surface area contributed by atoms with Crippen molar-refractivity contribution in [2.45, 2.75) is 44.4 Å². The molecule has 88 valence electrons. The van der Waals surface area contributed by atoms with Crippen molar-refractivity contribution in [2.24, 2.45) is 0 Å². The van der Waals surface area contributed by atoms with Gasteiger partial charge in [-0.05, 0) is 26.2 Å². The van der Waals surface area contributed by atoms with Gasteiger partial charge in [0.25, 0.3) is 0 Å². The van der Waals surface area contributed by atoms with Crippen LogP contribution in [0.3, 0.4) is 0 Å². The van der Waals surface area contributed by atoms with Crippen LogP contribution in [0.4, 0.5) is 0 Å². The fourth-order valence-electron chi connectivity index (χ4n) is 1.43. The number of hydrogen-bond donors (Lipinski definition) is 1. The summed E-state index contributed by atoms with van der Waals surface area (Å²) in [5, 5.41) is 7.39. The highest BCUT2D eigenvalue weighted by Gasteiger charge is 2.41. The van der Waals surface area contributed by atoms with Crippen LogP contribution in [0, 0.1) is 0 Å². The van der Waals surface area contributed by atoms with E-state index in [4.69, 9.17) is 5.11 Å². The molecule has 0 heterocycles. The van der Waals surface area contributed by atoms with E-state index in [0.29, 0.717) is 13.0 Å². The lowest BCUT2D eigenvalue weighted by Gasteiger charge is -2.23. The van der Waals surface area contributed by atoms with Crippen LogP contribution in [-0.4, -0.2) is 41.6 Å². The van der Waals surface area contributed by atoms with Gasteiger partial charge in [0.1, 0.15) is 0 Å². The molecule has 0 amide bonds. The molecule has 5 nitrogen and oxygen atoms in total. The molecule has 1 aliphatic rings. The normalized spacial score (nSPS) is 19.1. The fourth-order valence-corrected chi connectivity index (χ4v) is 3.16. The third kappa shape index (κ3) is 2.69. The molecule has 6 heteroatoms. The minimum absolute atomic E-state index is 0.0387. The van der Waals surface area contributed by atoms with Crippen LogP contribution in [0.2, 0.25) is 0 Å². The topological polar surface area (TPSA) is 74.7 Å². The Labute approximate surface area is 90.1 Å². The van der Waals surface area contributed by atoms with Gasteiger partial charge in [-0.3, -0.25) is 4.79 Å². The Morgan fingerprint density at radius 2 is 2.07 bits per heavy atom. The van der Waals surface area contributed by atoms with Crippen LogP contribution in [-0.2, 0) is 14.8 Å². The molecule has 15 heavy (non-hydrogen) atoms. The van der Waals surface area contributed by atoms with E-state index < -0.39 is 21.2 Å². The zero-order chi connectivity index (χ0) is 11.6. The van der Waals surface area contributed by atoms with Gasteiger partial charge in [-0.1, -0.05) is 6.92 Å². The number of carboxylic acid groups (broad SMARTS) is 1. The van der Waals surface area contributed by atoms with E-state index in [9.17, 15) is 13.2 Å². The SMILES string of the molecule is CCCN(C1CC1)S(=O)(=O)C(C)C(=O)O. The second kappa shape index (κ2) is 4.49. The average molecular weight is 235 g/mol. The minimum atomic E-state index is -3.67. The van der Waals surface area contributed by atoms with Gasteiger partial charge in [-0.15, -0.1) is 0 Å². The quantitative estimate of drug-likeness (QED) is 0.734. The summed E-state index contributed by atoms with van der Waals surface area (Å²) in [4.78, 5) is 10.7. The standard InChI is InChI=1S/C9H17NO4S/c1-3-6-10(8-4-5-8)15(13,14)7(2)9(11)12/h7-8H,3-6H2,1-2H3,(H,11,12). The summed E-state index contributed by atoms with van der Waals surface area (Å²) in [6.45, 7) is 3.53. The van der Waals surface area contributed by atoms with Gasteiger partial charge in [0.2, 0.25) is 10.0 Å². The first-order valence-corrected chi connectivity index (χ1v) is 6.65. The number of carboxylic acids is 1. The van der Waals surface area contributed by atoms with E-state index in [1.165, 1.54) is 11.2 Å². The van der Waals surface area contributed by atoms with E-state index >= 15 is 0 Å². The lowest BCUT2D eigenvalue weighted by atomic mass is 10.5. The summed E-state index contributed by atoms with van der Waals surface area (Å²) in [6.07, 6.45) is 2.42. The third-order valence-electron chi connectivity index (χ3n) is 2.52. The number of aliphatic carboxylic acids is 1. The summed E-state index contributed by atoms with van der Waals surface area (Å²) in [5.74, 6) is -1.28. The van der Waals surface area contributed by atoms with Crippen LogP contribution in [0.25, 0.3) is 0 Å². The summed E-state index contributed by atoms with van der Waals surface area (Å²) in [5.41, 5.74) is 0. The molecular weight excluding hydrogens is 218 g/mol. The molecule has 1 aliphatic carbocycles. The van der Waals surface area contributed by atoms with Gasteiger partial charge in [-0.25, -0.2) is 8.42 Å². The molecule has 0 aromatic rings. The number of carbonyl (C=O) groups is 1. The highest BCUT2D eigenvalue weighted by atomic mass is 32.2. The molecule has 0 saturated heterocycles. The van der Waals surface area contributed by atoms with Crippen LogP contribution < -0.4 is 0 Å². The lowest BCUT2D eigenvalue weighted by Crippen LogP contribution is -2.42. The molecule has 1 rings (SSSR count). The van der Waals surface area contributed by atoms with E-state index in [2.05, 4.69) is 0 Å². The fraction of sp³-hybridized carbons (Fsp3) is 0.889. The van der Waals surface area contributed by atoms with Crippen molar-refractivity contribution in [3.8, 4) is 0 Å². The van der Waals surface area contributed by atoms with Gasteiger partial charge in [0, 0.05) is 12.6 Å². The smallest absolute Gasteiger partial charge is 0.323 e. The van der Waals surface area contributed by atoms with Crippen molar-refractivity contribution in [2.75, 3.05) is 6.54 Å². The largest absolute Gasteiger partial charge is 0.480 e. The Bertz CT molecular complexity index is 334. The maximum absolute atomic E-state index is 11.9. The van der Waals surface area contributed by atoms with Gasteiger partial charge in [0.15, 0.2) is 5.25 Å². The highest BCUT2D eigenvalue weighted by Crippen LogP contribution is 2.30. The summed E-state index contributed by atoms with van der Waals surface area (Å²) in [7, 11) is -3.67. The molecule has 0 spiro atoms. The second-order valence-electron chi connectivity index (χ2n) is 3.87. The van der Waals surface area contributed by atoms with Crippen molar-refractivity contribution >= 4 is 16.0 Å². The molecule has 1 saturated carbocycles. The molecule has 1 fully saturated rings. The van der Waals surface area contributed by atoms with Crippen molar-refractivity contribution in [3.05, 3.63) is 0 Å². The minimum Gasteiger partial charge on any atom is -0.480 e. The number of hydrogen-bond acceptors (Lipinski definition) is 3. The molecule has 1 atom stereocenters. The first kappa shape index (κ1) is 12.4. The molecule has 1 unspecified atom stereocenters. The predicted octanol–water partition coefficient (Wildman–Crippen LogP) is 0.664. The number of nitrogens with zero attached hydrogens (tertiary/aromatic N) is 1. The van der Waals surface area contributed by atoms with Crippen molar-refractivity contribution in [1.29, 1.82) is 0 Å². The molecule has 0 aromatic heterocycles. The molecule has 0 aliphatic heterocycles. The predicted molar refractivity (Wildman–Crippen MR) is 56.0 cm³/mol. The Morgan fingerprint density at radius 1 is 1.53 bits per heavy atom. The number of rotatable bonds is 6. The van der Waals surface area contributed by atoms with E-state index in [1.54, 1.807) is 0 Å². The zero-order valence-corrected chi connectivity index (χ0v) is 9.83. The van der Waals surface area contributed by atoms with Crippen LogP contribution in [0.5, 0.6) is 0 Å². The summed E-state index contributed by atoms with van der Waals surface area (Å²) >= 11 is 0. The van der Waals surface area contributed by atoms with E-state index in [-0.39, 0.29) is 6.04 Å². The van der Waals surface area contributed by atoms with Crippen LogP contribution in [0.1, 0.15) is 33.1 Å². The summed E-state index contributed by atoms with van der Waals surface area (Å²) < 4.78 is 25.1. The maximum atomic E-state index is 11.9.